The molecule has 134 valence electrons. The van der Waals surface area contributed by atoms with Crippen LogP contribution in [0.2, 0.25) is 0 Å². The minimum atomic E-state index is -0.589. The van der Waals surface area contributed by atoms with Gasteiger partial charge in [0.25, 0.3) is 0 Å². The van der Waals surface area contributed by atoms with E-state index in [1.165, 1.54) is 6.92 Å². The van der Waals surface area contributed by atoms with Gasteiger partial charge in [-0.1, -0.05) is 18.2 Å². The zero-order valence-electron chi connectivity index (χ0n) is 14.5. The fourth-order valence-electron chi connectivity index (χ4n) is 3.60. The number of hydrogen-bond donors (Lipinski definition) is 3. The molecule has 1 fully saturated rings. The molecule has 25 heavy (non-hydrogen) atoms. The molecule has 1 aliphatic rings. The van der Waals surface area contributed by atoms with Crippen LogP contribution in [0.5, 0.6) is 0 Å². The van der Waals surface area contributed by atoms with Crippen LogP contribution >= 0.6 is 0 Å². The van der Waals surface area contributed by atoms with Crippen LogP contribution in [0.4, 0.5) is 0 Å². The maximum atomic E-state index is 13.0. The summed E-state index contributed by atoms with van der Waals surface area (Å²) < 4.78 is 0. The Balaban J connectivity index is 1.79. The molecule has 0 radical (unpaired) electrons. The number of nitrogens with one attached hydrogen (secondary N) is 2. The van der Waals surface area contributed by atoms with E-state index in [-0.39, 0.29) is 24.3 Å². The number of aromatic amines is 1. The third-order valence-electron chi connectivity index (χ3n) is 4.86. The van der Waals surface area contributed by atoms with Crippen LogP contribution in [-0.2, 0) is 16.0 Å². The molecule has 1 aromatic heterocycles. The minimum absolute atomic E-state index is 0.0707. The average Bonchev–Trinajstić information content (AvgIpc) is 3.03. The molecule has 6 nitrogen and oxygen atoms in total. The molecule has 0 spiro atoms. The first-order chi connectivity index (χ1) is 12.1. The van der Waals surface area contributed by atoms with Crippen LogP contribution in [0.15, 0.2) is 30.5 Å². The number of hydrogen-bond acceptors (Lipinski definition) is 3. The molecule has 2 unspecified atom stereocenters. The third-order valence-corrected chi connectivity index (χ3v) is 4.86. The highest BCUT2D eigenvalue weighted by Gasteiger charge is 2.29. The van der Waals surface area contributed by atoms with Crippen molar-refractivity contribution in [3.63, 3.8) is 0 Å². The normalized spacial score (nSPS) is 19.0. The Labute approximate surface area is 147 Å². The van der Waals surface area contributed by atoms with E-state index < -0.39 is 6.04 Å². The van der Waals surface area contributed by atoms with Crippen LogP contribution in [0.1, 0.15) is 25.3 Å². The Morgan fingerprint density at radius 3 is 2.96 bits per heavy atom. The van der Waals surface area contributed by atoms with Crippen molar-refractivity contribution in [3.8, 4) is 0 Å². The lowest BCUT2D eigenvalue weighted by Crippen LogP contribution is -2.52. The SMILES string of the molecule is CC(=O)NC(Cc1c[nH]c2ccccc12)C(=O)N1CCCC(CO)C1. The monoisotopic (exact) mass is 343 g/mol. The van der Waals surface area contributed by atoms with Crippen molar-refractivity contribution in [2.24, 2.45) is 5.92 Å². The molecule has 3 rings (SSSR count). The maximum absolute atomic E-state index is 13.0. The third kappa shape index (κ3) is 4.02. The Bertz CT molecular complexity index is 755. The van der Waals surface area contributed by atoms with Gasteiger partial charge in [-0.2, -0.15) is 0 Å². The van der Waals surface area contributed by atoms with E-state index in [4.69, 9.17) is 0 Å². The van der Waals surface area contributed by atoms with Gasteiger partial charge >= 0.3 is 0 Å². The number of aromatic nitrogens is 1. The largest absolute Gasteiger partial charge is 0.396 e. The molecule has 1 aliphatic heterocycles. The van der Waals surface area contributed by atoms with Gasteiger partial charge in [-0.3, -0.25) is 9.59 Å². The van der Waals surface area contributed by atoms with Crippen LogP contribution in [0.25, 0.3) is 10.9 Å². The lowest BCUT2D eigenvalue weighted by atomic mass is 9.97. The summed E-state index contributed by atoms with van der Waals surface area (Å²) in [5.41, 5.74) is 2.03. The summed E-state index contributed by atoms with van der Waals surface area (Å²) in [5.74, 6) is -0.156. The van der Waals surface area contributed by atoms with Gasteiger partial charge in [-0.15, -0.1) is 0 Å². The summed E-state index contributed by atoms with van der Waals surface area (Å²) in [4.78, 5) is 29.6. The van der Waals surface area contributed by atoms with Gasteiger partial charge < -0.3 is 20.3 Å². The molecular formula is C19H25N3O3. The summed E-state index contributed by atoms with van der Waals surface area (Å²) in [6.07, 6.45) is 4.17. The fraction of sp³-hybridized carbons (Fsp3) is 0.474. The highest BCUT2D eigenvalue weighted by atomic mass is 16.3. The number of carbonyl (C=O) groups is 2. The lowest BCUT2D eigenvalue weighted by Gasteiger charge is -2.34. The van der Waals surface area contributed by atoms with Crippen molar-refractivity contribution in [2.45, 2.75) is 32.2 Å². The first-order valence-corrected chi connectivity index (χ1v) is 8.80. The Morgan fingerprint density at radius 1 is 1.40 bits per heavy atom. The van der Waals surface area contributed by atoms with E-state index >= 15 is 0 Å². The molecule has 6 heteroatoms. The predicted molar refractivity (Wildman–Crippen MR) is 96.0 cm³/mol. The van der Waals surface area contributed by atoms with E-state index in [1.54, 1.807) is 4.90 Å². The number of piperidine rings is 1. The van der Waals surface area contributed by atoms with Gasteiger partial charge in [0.2, 0.25) is 11.8 Å². The molecular weight excluding hydrogens is 318 g/mol. The number of nitrogens with zero attached hydrogens (tertiary/aromatic N) is 1. The number of likely N-dealkylation sites (tertiary alicyclic amines) is 1. The first kappa shape index (κ1) is 17.5. The number of carbonyl (C=O) groups excluding carboxylic acids is 2. The van der Waals surface area contributed by atoms with Crippen molar-refractivity contribution >= 4 is 22.7 Å². The lowest BCUT2D eigenvalue weighted by molar-refractivity contribution is -0.137. The van der Waals surface area contributed by atoms with Crippen LogP contribution < -0.4 is 5.32 Å². The van der Waals surface area contributed by atoms with E-state index in [1.807, 2.05) is 30.5 Å². The van der Waals surface area contributed by atoms with Crippen molar-refractivity contribution in [1.82, 2.24) is 15.2 Å². The average molecular weight is 343 g/mol. The minimum Gasteiger partial charge on any atom is -0.396 e. The summed E-state index contributed by atoms with van der Waals surface area (Å²) in [6, 6.07) is 7.34. The molecule has 2 heterocycles. The number of benzene rings is 1. The maximum Gasteiger partial charge on any atom is 0.245 e. The van der Waals surface area contributed by atoms with Gasteiger partial charge in [-0.05, 0) is 30.4 Å². The number of aliphatic hydroxyl groups is 1. The molecule has 2 aromatic rings. The van der Waals surface area contributed by atoms with Crippen molar-refractivity contribution < 1.29 is 14.7 Å². The smallest absolute Gasteiger partial charge is 0.245 e. The zero-order chi connectivity index (χ0) is 17.8. The second kappa shape index (κ2) is 7.70. The van der Waals surface area contributed by atoms with Gasteiger partial charge in [0.1, 0.15) is 6.04 Å². The highest BCUT2D eigenvalue weighted by Crippen LogP contribution is 2.21. The Kier molecular flexibility index (Phi) is 5.38. The van der Waals surface area contributed by atoms with Crippen LogP contribution in [-0.4, -0.2) is 52.5 Å². The van der Waals surface area contributed by atoms with Gasteiger partial charge in [0.05, 0.1) is 0 Å². The fourth-order valence-corrected chi connectivity index (χ4v) is 3.60. The Morgan fingerprint density at radius 2 is 2.20 bits per heavy atom. The van der Waals surface area contributed by atoms with E-state index in [9.17, 15) is 14.7 Å². The number of aliphatic hydroxyl groups excluding tert-OH is 1. The molecule has 3 N–H and O–H groups in total. The number of H-pyrrole nitrogens is 1. The zero-order valence-corrected chi connectivity index (χ0v) is 14.5. The molecule has 2 atom stereocenters. The standard InChI is InChI=1S/C19H25N3O3/c1-13(24)21-18(19(25)22-8-4-5-14(11-22)12-23)9-15-10-20-17-7-3-2-6-16(15)17/h2-3,6-7,10,14,18,20,23H,4-5,8-9,11-12H2,1H3,(H,21,24). The van der Waals surface area contributed by atoms with E-state index in [0.29, 0.717) is 19.5 Å². The number of amides is 2. The van der Waals surface area contributed by atoms with Crippen LogP contribution in [0, 0.1) is 5.92 Å². The predicted octanol–water partition coefficient (Wildman–Crippen LogP) is 1.45. The summed E-state index contributed by atoms with van der Waals surface area (Å²) in [7, 11) is 0. The molecule has 2 amide bonds. The van der Waals surface area contributed by atoms with Crippen molar-refractivity contribution in [3.05, 3.63) is 36.0 Å². The van der Waals surface area contributed by atoms with Crippen LogP contribution in [0.3, 0.4) is 0 Å². The summed E-state index contributed by atoms with van der Waals surface area (Å²) in [6.45, 7) is 2.76. The number of rotatable bonds is 5. The van der Waals surface area contributed by atoms with Crippen molar-refractivity contribution in [2.75, 3.05) is 19.7 Å². The van der Waals surface area contributed by atoms with E-state index in [0.717, 1.165) is 29.3 Å². The van der Waals surface area contributed by atoms with Crippen molar-refractivity contribution in [1.29, 1.82) is 0 Å². The van der Waals surface area contributed by atoms with Gasteiger partial charge in [0, 0.05) is 50.1 Å². The van der Waals surface area contributed by atoms with E-state index in [2.05, 4.69) is 10.3 Å². The molecule has 0 bridgehead atoms. The Hall–Kier alpha value is -2.34. The number of para-hydroxylation sites is 1. The molecule has 1 saturated heterocycles. The van der Waals surface area contributed by atoms with Gasteiger partial charge in [-0.25, -0.2) is 0 Å². The molecule has 0 aliphatic carbocycles. The summed E-state index contributed by atoms with van der Waals surface area (Å²) in [5, 5.41) is 13.3. The van der Waals surface area contributed by atoms with Gasteiger partial charge in [0.15, 0.2) is 0 Å². The topological polar surface area (TPSA) is 85.4 Å². The highest BCUT2D eigenvalue weighted by molar-refractivity contribution is 5.89. The number of fused-ring (bicyclic) bond motifs is 1. The molecule has 1 aromatic carbocycles. The summed E-state index contributed by atoms with van der Waals surface area (Å²) >= 11 is 0. The second-order valence-electron chi connectivity index (χ2n) is 6.79. The quantitative estimate of drug-likeness (QED) is 0.768. The first-order valence-electron chi connectivity index (χ1n) is 8.80. The molecule has 0 saturated carbocycles. The second-order valence-corrected chi connectivity index (χ2v) is 6.79.